The number of aliphatic hydroxyl groups excluding tert-OH is 1. The Bertz CT molecular complexity index is 498. The summed E-state index contributed by atoms with van der Waals surface area (Å²) in [5, 5.41) is 9.46. The Morgan fingerprint density at radius 1 is 1.13 bits per heavy atom. The van der Waals surface area contributed by atoms with Crippen LogP contribution >= 0.6 is 0 Å². The predicted octanol–water partition coefficient (Wildman–Crippen LogP) is 5.19. The summed E-state index contributed by atoms with van der Waals surface area (Å²) >= 11 is 0. The molecule has 0 amide bonds. The average molecular weight is 333 g/mol. The summed E-state index contributed by atoms with van der Waals surface area (Å²) in [6.45, 7) is 10.7. The van der Waals surface area contributed by atoms with E-state index in [2.05, 4.69) is 50.8 Å². The lowest BCUT2D eigenvalue weighted by atomic mass is 10.1. The predicted molar refractivity (Wildman–Crippen MR) is 102 cm³/mol. The third-order valence-corrected chi connectivity index (χ3v) is 5.11. The van der Waals surface area contributed by atoms with Crippen LogP contribution in [0.25, 0.3) is 0 Å². The highest BCUT2D eigenvalue weighted by atomic mass is 28.3. The molecule has 0 unspecified atom stereocenters. The van der Waals surface area contributed by atoms with Gasteiger partial charge in [-0.3, -0.25) is 0 Å². The molecule has 0 aliphatic heterocycles. The molecule has 0 saturated carbocycles. The molecule has 3 heteroatoms. The van der Waals surface area contributed by atoms with E-state index >= 15 is 0 Å². The monoisotopic (exact) mass is 332 g/mol. The molecule has 0 aliphatic rings. The van der Waals surface area contributed by atoms with Crippen molar-refractivity contribution in [1.82, 2.24) is 0 Å². The van der Waals surface area contributed by atoms with Gasteiger partial charge >= 0.3 is 0 Å². The minimum absolute atomic E-state index is 0.202. The van der Waals surface area contributed by atoms with Crippen molar-refractivity contribution in [3.63, 3.8) is 0 Å². The largest absolute Gasteiger partial charge is 0.392 e. The second kappa shape index (κ2) is 10.6. The van der Waals surface area contributed by atoms with E-state index < -0.39 is 8.07 Å². The lowest BCUT2D eigenvalue weighted by molar-refractivity contribution is 0.148. The molecule has 0 radical (unpaired) electrons. The molecular formula is C20H32O2Si. The van der Waals surface area contributed by atoms with Crippen LogP contribution in [0.2, 0.25) is 25.7 Å². The van der Waals surface area contributed by atoms with E-state index in [0.717, 1.165) is 18.9 Å². The van der Waals surface area contributed by atoms with Crippen molar-refractivity contribution in [1.29, 1.82) is 0 Å². The molecule has 0 atom stereocenters. The van der Waals surface area contributed by atoms with Crippen LogP contribution in [-0.4, -0.2) is 26.4 Å². The molecule has 23 heavy (non-hydrogen) atoms. The highest BCUT2D eigenvalue weighted by Crippen LogP contribution is 2.17. The van der Waals surface area contributed by atoms with Crippen LogP contribution in [0, 0.1) is 0 Å². The lowest BCUT2D eigenvalue weighted by Crippen LogP contribution is -2.20. The summed E-state index contributed by atoms with van der Waals surface area (Å²) in [4.78, 5) is 0. The molecule has 128 valence electrons. The van der Waals surface area contributed by atoms with Crippen molar-refractivity contribution in [2.75, 3.05) is 13.2 Å². The first-order chi connectivity index (χ1) is 10.9. The first kappa shape index (κ1) is 19.9. The molecule has 1 aromatic rings. The molecule has 1 aromatic carbocycles. The fraction of sp³-hybridized carbons (Fsp3) is 0.500. The fourth-order valence-corrected chi connectivity index (χ4v) is 4.05. The molecule has 0 bridgehead atoms. The van der Waals surface area contributed by atoms with Gasteiger partial charge in [-0.1, -0.05) is 73.3 Å². The normalized spacial score (nSPS) is 13.4. The van der Waals surface area contributed by atoms with Gasteiger partial charge in [0.25, 0.3) is 0 Å². The smallest absolute Gasteiger partial charge is 0.0721 e. The van der Waals surface area contributed by atoms with Gasteiger partial charge in [0.15, 0.2) is 0 Å². The van der Waals surface area contributed by atoms with Crippen LogP contribution in [0.1, 0.15) is 25.3 Å². The zero-order valence-corrected chi connectivity index (χ0v) is 16.1. The van der Waals surface area contributed by atoms with Crippen molar-refractivity contribution < 1.29 is 9.84 Å². The molecule has 0 fully saturated rings. The number of aliphatic hydroxyl groups is 1. The van der Waals surface area contributed by atoms with Crippen LogP contribution in [0.3, 0.4) is 0 Å². The van der Waals surface area contributed by atoms with Crippen LogP contribution < -0.4 is 0 Å². The van der Waals surface area contributed by atoms with Gasteiger partial charge in [-0.05, 0) is 31.4 Å². The summed E-state index contributed by atoms with van der Waals surface area (Å²) in [6.07, 6.45) is 6.42. The number of rotatable bonds is 10. The summed E-state index contributed by atoms with van der Waals surface area (Å²) < 4.78 is 5.68. The van der Waals surface area contributed by atoms with E-state index in [1.165, 1.54) is 16.7 Å². The highest BCUT2D eigenvalue weighted by molar-refractivity contribution is 6.76. The third kappa shape index (κ3) is 10.3. The molecule has 0 spiro atoms. The van der Waals surface area contributed by atoms with E-state index in [0.29, 0.717) is 13.2 Å². The summed E-state index contributed by atoms with van der Waals surface area (Å²) in [5.41, 5.74) is 3.76. The second-order valence-electron chi connectivity index (χ2n) is 7.35. The maximum Gasteiger partial charge on any atom is 0.0721 e. The minimum Gasteiger partial charge on any atom is -0.392 e. The topological polar surface area (TPSA) is 29.5 Å². The molecule has 1 rings (SSSR count). The Hall–Kier alpha value is -1.16. The van der Waals surface area contributed by atoms with Crippen molar-refractivity contribution in [2.24, 2.45) is 0 Å². The first-order valence-electron chi connectivity index (χ1n) is 8.47. The number of hydrogen-bond acceptors (Lipinski definition) is 2. The van der Waals surface area contributed by atoms with Crippen LogP contribution in [0.15, 0.2) is 53.6 Å². The van der Waals surface area contributed by atoms with Gasteiger partial charge in [-0.2, -0.15) is 0 Å². The molecule has 0 aromatic heterocycles. The van der Waals surface area contributed by atoms with Crippen molar-refractivity contribution in [3.8, 4) is 0 Å². The van der Waals surface area contributed by atoms with Gasteiger partial charge in [0.1, 0.15) is 0 Å². The quantitative estimate of drug-likeness (QED) is 0.363. The number of allylic oxidation sites excluding steroid dienone is 2. The van der Waals surface area contributed by atoms with E-state index in [4.69, 9.17) is 4.74 Å². The van der Waals surface area contributed by atoms with E-state index in [1.807, 2.05) is 18.2 Å². The molecule has 2 nitrogen and oxygen atoms in total. The number of benzene rings is 1. The van der Waals surface area contributed by atoms with Crippen molar-refractivity contribution in [3.05, 3.63) is 59.2 Å². The van der Waals surface area contributed by atoms with Crippen molar-refractivity contribution >= 4 is 8.07 Å². The Labute approximate surface area is 142 Å². The zero-order chi connectivity index (χ0) is 17.1. The average Bonchev–Trinajstić information content (AvgIpc) is 2.50. The van der Waals surface area contributed by atoms with E-state index in [1.54, 1.807) is 0 Å². The van der Waals surface area contributed by atoms with E-state index in [9.17, 15) is 5.11 Å². The molecule has 0 aliphatic carbocycles. The van der Waals surface area contributed by atoms with E-state index in [-0.39, 0.29) is 6.61 Å². The standard InChI is InChI=1S/C20H32O2Si/c1-18(9-8-12-20(15-21)17-23(2,3)4)13-14-22-16-19-10-6-5-7-11-19/h5-7,10-13,21H,8-9,14-17H2,1-4H3/b18-13+,20-12-. The van der Waals surface area contributed by atoms with Crippen LogP contribution in [0.4, 0.5) is 0 Å². The number of hydrogen-bond donors (Lipinski definition) is 1. The van der Waals surface area contributed by atoms with Gasteiger partial charge in [-0.15, -0.1) is 0 Å². The van der Waals surface area contributed by atoms with Crippen molar-refractivity contribution in [2.45, 2.75) is 52.1 Å². The van der Waals surface area contributed by atoms with Gasteiger partial charge in [0.05, 0.1) is 19.8 Å². The van der Waals surface area contributed by atoms with Gasteiger partial charge in [0.2, 0.25) is 0 Å². The van der Waals surface area contributed by atoms with Gasteiger partial charge < -0.3 is 9.84 Å². The molecular weight excluding hydrogens is 300 g/mol. The van der Waals surface area contributed by atoms with Gasteiger partial charge in [0, 0.05) is 8.07 Å². The maximum absolute atomic E-state index is 9.46. The minimum atomic E-state index is -1.14. The molecule has 0 heterocycles. The summed E-state index contributed by atoms with van der Waals surface area (Å²) in [6, 6.07) is 11.3. The molecule has 0 saturated heterocycles. The first-order valence-corrected chi connectivity index (χ1v) is 12.2. The van der Waals surface area contributed by atoms with Crippen LogP contribution in [-0.2, 0) is 11.3 Å². The SMILES string of the molecule is C/C(=C\COCc1ccccc1)CC/C=C(/CO)C[Si](C)(C)C. The summed E-state index contributed by atoms with van der Waals surface area (Å²) in [5.74, 6) is 0. The number of ether oxygens (including phenoxy) is 1. The maximum atomic E-state index is 9.46. The Morgan fingerprint density at radius 2 is 1.83 bits per heavy atom. The Morgan fingerprint density at radius 3 is 2.43 bits per heavy atom. The van der Waals surface area contributed by atoms with Crippen LogP contribution in [0.5, 0.6) is 0 Å². The van der Waals surface area contributed by atoms with Gasteiger partial charge in [-0.25, -0.2) is 0 Å². The Kier molecular flexibility index (Phi) is 9.15. The Balaban J connectivity index is 2.28. The lowest BCUT2D eigenvalue weighted by Gasteiger charge is -2.17. The second-order valence-corrected chi connectivity index (χ2v) is 12.8. The zero-order valence-electron chi connectivity index (χ0n) is 15.1. The summed E-state index contributed by atoms with van der Waals surface area (Å²) in [7, 11) is -1.14. The molecule has 1 N–H and O–H groups in total. The fourth-order valence-electron chi connectivity index (χ4n) is 2.43. The third-order valence-electron chi connectivity index (χ3n) is 3.59. The highest BCUT2D eigenvalue weighted by Gasteiger charge is 2.14.